The maximum atomic E-state index is 8.68. The van der Waals surface area contributed by atoms with Crippen molar-refractivity contribution in [2.24, 2.45) is 21.8 Å². The number of amidine groups is 2. The van der Waals surface area contributed by atoms with Crippen molar-refractivity contribution in [3.63, 3.8) is 0 Å². The number of hydrogen-bond acceptors (Lipinski definition) is 6. The van der Waals surface area contributed by atoms with E-state index in [0.717, 1.165) is 20.3 Å². The normalized spacial score (nSPS) is 12.3. The molecular formula is C16H14N6O2Se. The summed E-state index contributed by atoms with van der Waals surface area (Å²) in [4.78, 5) is 8.74. The van der Waals surface area contributed by atoms with Gasteiger partial charge in [0, 0.05) is 0 Å². The molecule has 0 aliphatic heterocycles. The Labute approximate surface area is 148 Å². The van der Waals surface area contributed by atoms with Crippen LogP contribution in [0.15, 0.2) is 59.1 Å². The number of aromatic nitrogens is 2. The van der Waals surface area contributed by atoms with Gasteiger partial charge in [0.2, 0.25) is 0 Å². The van der Waals surface area contributed by atoms with Crippen LogP contribution in [0.4, 0.5) is 0 Å². The van der Waals surface area contributed by atoms with E-state index in [1.807, 2.05) is 24.3 Å². The summed E-state index contributed by atoms with van der Waals surface area (Å²) in [5, 5.41) is 23.3. The third-order valence-electron chi connectivity index (χ3n) is 3.44. The summed E-state index contributed by atoms with van der Waals surface area (Å²) < 4.78 is 2.21. The molecule has 126 valence electrons. The van der Waals surface area contributed by atoms with Crippen LogP contribution in [0.3, 0.4) is 0 Å². The fourth-order valence-corrected chi connectivity index (χ4v) is 4.12. The molecule has 3 aromatic rings. The summed E-state index contributed by atoms with van der Waals surface area (Å²) >= 11 is 0.0518. The quantitative estimate of drug-likeness (QED) is 0.169. The van der Waals surface area contributed by atoms with Crippen LogP contribution in [0.2, 0.25) is 0 Å². The number of rotatable bonds is 4. The van der Waals surface area contributed by atoms with Crippen molar-refractivity contribution in [3.05, 3.63) is 59.9 Å². The van der Waals surface area contributed by atoms with Crippen LogP contribution in [0.25, 0.3) is 20.3 Å². The Kier molecular flexibility index (Phi) is 4.78. The van der Waals surface area contributed by atoms with E-state index >= 15 is 0 Å². The number of nitrogens with zero attached hydrogens (tertiary/aromatic N) is 4. The van der Waals surface area contributed by atoms with Gasteiger partial charge in [-0.05, 0) is 0 Å². The van der Waals surface area contributed by atoms with Gasteiger partial charge in [-0.25, -0.2) is 0 Å². The first-order valence-corrected chi connectivity index (χ1v) is 8.82. The molecule has 0 spiro atoms. The monoisotopic (exact) mass is 402 g/mol. The topological polar surface area (TPSA) is 143 Å². The summed E-state index contributed by atoms with van der Waals surface area (Å²) in [5.74, 6) is 0.0533. The Bertz CT molecular complexity index is 856. The summed E-state index contributed by atoms with van der Waals surface area (Å²) in [5.41, 5.74) is 13.9. The molecule has 0 aliphatic carbocycles. The second-order valence-corrected chi connectivity index (χ2v) is 7.27. The summed E-state index contributed by atoms with van der Waals surface area (Å²) in [6.45, 7) is 0. The van der Waals surface area contributed by atoms with E-state index in [4.69, 9.17) is 21.9 Å². The molecule has 0 saturated heterocycles. The predicted molar refractivity (Wildman–Crippen MR) is 94.9 cm³/mol. The van der Waals surface area contributed by atoms with Gasteiger partial charge in [-0.2, -0.15) is 0 Å². The first kappa shape index (κ1) is 16.7. The number of hydrogen-bond donors (Lipinski definition) is 4. The van der Waals surface area contributed by atoms with Crippen molar-refractivity contribution in [2.45, 2.75) is 0 Å². The molecule has 9 heteroatoms. The van der Waals surface area contributed by atoms with E-state index in [1.165, 1.54) is 0 Å². The molecule has 3 aromatic heterocycles. The third kappa shape index (κ3) is 3.52. The van der Waals surface area contributed by atoms with Crippen molar-refractivity contribution in [1.82, 2.24) is 9.97 Å². The fourth-order valence-electron chi connectivity index (χ4n) is 2.11. The molecule has 0 aliphatic rings. The van der Waals surface area contributed by atoms with Gasteiger partial charge >= 0.3 is 149 Å². The molecule has 0 radical (unpaired) electrons. The van der Waals surface area contributed by atoms with Crippen LogP contribution >= 0.6 is 0 Å². The zero-order valence-electron chi connectivity index (χ0n) is 12.9. The Hall–Kier alpha value is -3.16. The third-order valence-corrected chi connectivity index (χ3v) is 5.82. The first-order chi connectivity index (χ1) is 12.1. The summed E-state index contributed by atoms with van der Waals surface area (Å²) in [6.07, 6.45) is 3.15. The van der Waals surface area contributed by atoms with E-state index in [-0.39, 0.29) is 26.2 Å². The van der Waals surface area contributed by atoms with Gasteiger partial charge in [0.05, 0.1) is 0 Å². The Morgan fingerprint density at radius 2 is 1.20 bits per heavy atom. The van der Waals surface area contributed by atoms with Crippen molar-refractivity contribution < 1.29 is 10.4 Å². The van der Waals surface area contributed by atoms with Gasteiger partial charge in [-0.1, -0.05) is 0 Å². The Balaban J connectivity index is 1.85. The van der Waals surface area contributed by atoms with Crippen molar-refractivity contribution in [3.8, 4) is 20.3 Å². The van der Waals surface area contributed by atoms with Crippen molar-refractivity contribution >= 4 is 26.2 Å². The maximum absolute atomic E-state index is 8.68. The Morgan fingerprint density at radius 3 is 1.52 bits per heavy atom. The van der Waals surface area contributed by atoms with E-state index in [0.29, 0.717) is 11.1 Å². The van der Waals surface area contributed by atoms with E-state index < -0.39 is 0 Å². The predicted octanol–water partition coefficient (Wildman–Crippen LogP) is 1.06. The molecule has 0 bridgehead atoms. The van der Waals surface area contributed by atoms with E-state index in [1.54, 1.807) is 24.5 Å². The van der Waals surface area contributed by atoms with Crippen LogP contribution in [-0.4, -0.2) is 46.6 Å². The second-order valence-electron chi connectivity index (χ2n) is 5.00. The molecule has 0 saturated carbocycles. The van der Waals surface area contributed by atoms with Gasteiger partial charge < -0.3 is 0 Å². The molecule has 0 fully saturated rings. The zero-order valence-corrected chi connectivity index (χ0v) is 14.6. The molecule has 0 unspecified atom stereocenters. The molecule has 3 rings (SSSR count). The standard InChI is InChI=1S/C16H14N6O2Se/c17-15(21-23)9-1-3-11(19-7-9)13-5-6-14(25-13)12-4-2-10(8-20-12)16(18)22-24/h1-8,23-24H,(H2,17,21)(H2,18,22). The number of nitrogens with two attached hydrogens (primary N) is 2. The molecule has 0 aromatic carbocycles. The van der Waals surface area contributed by atoms with E-state index in [2.05, 4.69) is 20.3 Å². The second kappa shape index (κ2) is 7.16. The molecule has 3 heterocycles. The van der Waals surface area contributed by atoms with Crippen molar-refractivity contribution in [1.29, 1.82) is 0 Å². The van der Waals surface area contributed by atoms with Crippen molar-refractivity contribution in [2.75, 3.05) is 0 Å². The Morgan fingerprint density at radius 1 is 0.760 bits per heavy atom. The minimum atomic E-state index is 0.0266. The van der Waals surface area contributed by atoms with Crippen LogP contribution in [-0.2, 0) is 0 Å². The van der Waals surface area contributed by atoms with Gasteiger partial charge in [0.15, 0.2) is 0 Å². The van der Waals surface area contributed by atoms with E-state index in [9.17, 15) is 0 Å². The molecule has 8 nitrogen and oxygen atoms in total. The average Bonchev–Trinajstić information content (AvgIpc) is 3.17. The van der Waals surface area contributed by atoms with Gasteiger partial charge in [-0.15, -0.1) is 0 Å². The number of oxime groups is 2. The minimum absolute atomic E-state index is 0.0266. The molecular weight excluding hydrogens is 387 g/mol. The fraction of sp³-hybridized carbons (Fsp3) is 0. The molecule has 0 atom stereocenters. The van der Waals surface area contributed by atoms with Crippen LogP contribution in [0.1, 0.15) is 11.1 Å². The van der Waals surface area contributed by atoms with Gasteiger partial charge in [-0.3, -0.25) is 0 Å². The van der Waals surface area contributed by atoms with Crippen LogP contribution < -0.4 is 11.5 Å². The zero-order chi connectivity index (χ0) is 17.8. The summed E-state index contributed by atoms with van der Waals surface area (Å²) in [7, 11) is 0. The number of pyridine rings is 2. The summed E-state index contributed by atoms with van der Waals surface area (Å²) in [6, 6.07) is 11.2. The SMILES string of the molecule is NC(=NO)c1ccc(-c2ccc(-c3ccc(/C(N)=N\O)cn3)[se]2)nc1. The van der Waals surface area contributed by atoms with Crippen LogP contribution in [0.5, 0.6) is 0 Å². The average molecular weight is 401 g/mol. The first-order valence-electron chi connectivity index (χ1n) is 7.11. The molecule has 6 N–H and O–H groups in total. The van der Waals surface area contributed by atoms with Crippen LogP contribution in [0, 0.1) is 0 Å². The van der Waals surface area contributed by atoms with Gasteiger partial charge in [0.25, 0.3) is 0 Å². The van der Waals surface area contributed by atoms with Gasteiger partial charge in [0.1, 0.15) is 0 Å². The molecule has 25 heavy (non-hydrogen) atoms. The molecule has 0 amide bonds.